The molecular formula is C6H5NNaO2. The van der Waals surface area contributed by atoms with Gasteiger partial charge in [0, 0.05) is 29.6 Å². The van der Waals surface area contributed by atoms with Crippen LogP contribution in [-0.2, 0) is 0 Å². The smallest absolute Gasteiger partial charge is 0.115 e. The van der Waals surface area contributed by atoms with Crippen LogP contribution in [0.4, 0.5) is 5.69 Å². The third kappa shape index (κ3) is 2.47. The predicted molar refractivity (Wildman–Crippen MR) is 39.3 cm³/mol. The molecule has 0 spiro atoms. The molecule has 1 N–H and O–H groups in total. The van der Waals surface area contributed by atoms with Crippen LogP contribution in [0.2, 0.25) is 0 Å². The maximum Gasteiger partial charge on any atom is 0.115 e. The average molecular weight is 146 g/mol. The molecule has 0 amide bonds. The molecule has 0 aliphatic heterocycles. The topological polar surface area (TPSA) is 49.7 Å². The third-order valence-electron chi connectivity index (χ3n) is 0.955. The summed E-state index contributed by atoms with van der Waals surface area (Å²) >= 11 is 0. The zero-order valence-corrected chi connectivity index (χ0v) is 7.61. The summed E-state index contributed by atoms with van der Waals surface area (Å²) in [5.41, 5.74) is 0.327. The van der Waals surface area contributed by atoms with Gasteiger partial charge in [0.05, 0.1) is 0 Å². The first-order chi connectivity index (χ1) is 4.33. The zero-order valence-electron chi connectivity index (χ0n) is 5.61. The second-order valence-corrected chi connectivity index (χ2v) is 1.61. The molecule has 1 radical (unpaired) electrons. The molecule has 0 aliphatic carbocycles. The molecule has 10 heavy (non-hydrogen) atoms. The first-order valence-electron chi connectivity index (χ1n) is 2.45. The van der Waals surface area contributed by atoms with Gasteiger partial charge in [-0.15, -0.1) is 4.91 Å². The van der Waals surface area contributed by atoms with Crippen LogP contribution in [0, 0.1) is 4.91 Å². The van der Waals surface area contributed by atoms with E-state index in [-0.39, 0.29) is 35.3 Å². The Balaban J connectivity index is 0.000000810. The molecular weight excluding hydrogens is 141 g/mol. The summed E-state index contributed by atoms with van der Waals surface area (Å²) in [5.74, 6) is 0.141. The Morgan fingerprint density at radius 3 is 2.10 bits per heavy atom. The SMILES string of the molecule is O=Nc1ccc(O)cc1.[Na]. The molecule has 0 atom stereocenters. The molecule has 0 saturated heterocycles. The number of hydrogen-bond donors (Lipinski definition) is 1. The first kappa shape index (κ1) is 9.62. The Kier molecular flexibility index (Phi) is 4.27. The van der Waals surface area contributed by atoms with Gasteiger partial charge in [0.25, 0.3) is 0 Å². The summed E-state index contributed by atoms with van der Waals surface area (Å²) in [6.45, 7) is 0. The molecule has 1 rings (SSSR count). The van der Waals surface area contributed by atoms with Gasteiger partial charge in [-0.25, -0.2) is 0 Å². The normalized spacial score (nSPS) is 8.00. The molecule has 3 nitrogen and oxygen atoms in total. The molecule has 47 valence electrons. The number of phenolic OH excluding ortho intramolecular Hbond substituents is 1. The summed E-state index contributed by atoms with van der Waals surface area (Å²) < 4.78 is 0. The fourth-order valence-electron chi connectivity index (χ4n) is 0.513. The van der Waals surface area contributed by atoms with Crippen molar-refractivity contribution in [2.45, 2.75) is 0 Å². The Hall–Kier alpha value is -0.380. The number of aromatic hydroxyl groups is 1. The fourth-order valence-corrected chi connectivity index (χ4v) is 0.513. The molecule has 0 aromatic heterocycles. The van der Waals surface area contributed by atoms with Crippen molar-refractivity contribution in [3.05, 3.63) is 29.2 Å². The number of nitrogens with zero attached hydrogens (tertiary/aromatic N) is 1. The molecule has 4 heteroatoms. The van der Waals surface area contributed by atoms with Crippen molar-refractivity contribution in [3.8, 4) is 5.75 Å². The van der Waals surface area contributed by atoms with Gasteiger partial charge >= 0.3 is 0 Å². The van der Waals surface area contributed by atoms with Crippen LogP contribution in [0.1, 0.15) is 0 Å². The monoisotopic (exact) mass is 146 g/mol. The van der Waals surface area contributed by atoms with E-state index in [9.17, 15) is 4.91 Å². The minimum Gasteiger partial charge on any atom is -0.508 e. The van der Waals surface area contributed by atoms with Crippen molar-refractivity contribution < 1.29 is 5.11 Å². The zero-order chi connectivity index (χ0) is 6.69. The van der Waals surface area contributed by atoms with Crippen LogP contribution >= 0.6 is 0 Å². The largest absolute Gasteiger partial charge is 0.508 e. The summed E-state index contributed by atoms with van der Waals surface area (Å²) in [6.07, 6.45) is 0. The van der Waals surface area contributed by atoms with Crippen LogP contribution in [0.15, 0.2) is 29.4 Å². The number of nitroso groups, excluding NO2 is 1. The minimum absolute atomic E-state index is 0. The van der Waals surface area contributed by atoms with Gasteiger partial charge < -0.3 is 5.11 Å². The van der Waals surface area contributed by atoms with Crippen molar-refractivity contribution in [2.24, 2.45) is 5.18 Å². The molecule has 0 bridgehead atoms. The van der Waals surface area contributed by atoms with Gasteiger partial charge in [0.2, 0.25) is 0 Å². The second kappa shape index (κ2) is 4.44. The van der Waals surface area contributed by atoms with E-state index in [1.807, 2.05) is 0 Å². The minimum atomic E-state index is 0. The molecule has 0 saturated carbocycles. The van der Waals surface area contributed by atoms with E-state index >= 15 is 0 Å². The number of phenols is 1. The van der Waals surface area contributed by atoms with E-state index in [2.05, 4.69) is 5.18 Å². The Labute approximate surface area is 80.3 Å². The standard InChI is InChI=1S/C6H5NO2.Na/c8-6-3-1-5(7-9)2-4-6;/h1-4,8H;. The van der Waals surface area contributed by atoms with E-state index in [1.54, 1.807) is 0 Å². The summed E-state index contributed by atoms with van der Waals surface area (Å²) in [4.78, 5) is 9.79. The first-order valence-corrected chi connectivity index (χ1v) is 2.45. The van der Waals surface area contributed by atoms with Gasteiger partial charge in [-0.2, -0.15) is 0 Å². The fraction of sp³-hybridized carbons (Fsp3) is 0. The van der Waals surface area contributed by atoms with Crippen LogP contribution in [0.3, 0.4) is 0 Å². The molecule has 1 aromatic rings. The number of rotatable bonds is 1. The predicted octanol–water partition coefficient (Wildman–Crippen LogP) is 1.41. The summed E-state index contributed by atoms with van der Waals surface area (Å²) in [5, 5.41) is 11.4. The molecule has 0 fully saturated rings. The molecule has 0 unspecified atom stereocenters. The molecule has 0 heterocycles. The Morgan fingerprint density at radius 1 is 1.20 bits per heavy atom. The average Bonchev–Trinajstić information content (AvgIpc) is 1.90. The van der Waals surface area contributed by atoms with Gasteiger partial charge in [-0.05, 0) is 29.4 Å². The number of hydrogen-bond acceptors (Lipinski definition) is 3. The van der Waals surface area contributed by atoms with Crippen molar-refractivity contribution in [1.29, 1.82) is 0 Å². The van der Waals surface area contributed by atoms with Crippen LogP contribution in [0.5, 0.6) is 5.75 Å². The van der Waals surface area contributed by atoms with Gasteiger partial charge in [-0.3, -0.25) is 0 Å². The van der Waals surface area contributed by atoms with Crippen molar-refractivity contribution in [1.82, 2.24) is 0 Å². The van der Waals surface area contributed by atoms with Crippen LogP contribution in [0.25, 0.3) is 0 Å². The molecule has 1 aromatic carbocycles. The maximum atomic E-state index is 9.79. The van der Waals surface area contributed by atoms with Crippen molar-refractivity contribution in [3.63, 3.8) is 0 Å². The van der Waals surface area contributed by atoms with Crippen LogP contribution in [-0.4, -0.2) is 34.7 Å². The number of benzene rings is 1. The van der Waals surface area contributed by atoms with Gasteiger partial charge in [0.15, 0.2) is 0 Å². The maximum absolute atomic E-state index is 9.79. The van der Waals surface area contributed by atoms with Crippen LogP contribution < -0.4 is 0 Å². The molecule has 0 aliphatic rings. The van der Waals surface area contributed by atoms with Crippen molar-refractivity contribution >= 4 is 35.2 Å². The van der Waals surface area contributed by atoms with E-state index < -0.39 is 0 Å². The van der Waals surface area contributed by atoms with Crippen molar-refractivity contribution in [2.75, 3.05) is 0 Å². The van der Waals surface area contributed by atoms with Gasteiger partial charge in [-0.1, -0.05) is 0 Å². The van der Waals surface area contributed by atoms with Gasteiger partial charge in [0.1, 0.15) is 11.4 Å². The summed E-state index contributed by atoms with van der Waals surface area (Å²) in [7, 11) is 0. The van der Waals surface area contributed by atoms with E-state index in [0.717, 1.165) is 0 Å². The van der Waals surface area contributed by atoms with E-state index in [4.69, 9.17) is 5.11 Å². The van der Waals surface area contributed by atoms with E-state index in [1.165, 1.54) is 24.3 Å². The Morgan fingerprint density at radius 2 is 1.70 bits per heavy atom. The quantitative estimate of drug-likeness (QED) is 0.481. The Bertz CT molecular complexity index is 209. The van der Waals surface area contributed by atoms with E-state index in [0.29, 0.717) is 5.69 Å². The second-order valence-electron chi connectivity index (χ2n) is 1.61. The third-order valence-corrected chi connectivity index (χ3v) is 0.955. The summed E-state index contributed by atoms with van der Waals surface area (Å²) in [6, 6.07) is 5.72.